The van der Waals surface area contributed by atoms with Gasteiger partial charge in [0, 0.05) is 12.6 Å². The lowest BCUT2D eigenvalue weighted by molar-refractivity contribution is 0.0791. The molecule has 1 fully saturated rings. The van der Waals surface area contributed by atoms with E-state index in [2.05, 4.69) is 17.2 Å². The molecule has 0 spiro atoms. The van der Waals surface area contributed by atoms with Gasteiger partial charge in [0.05, 0.1) is 18.2 Å². The monoisotopic (exact) mass is 267 g/mol. The summed E-state index contributed by atoms with van der Waals surface area (Å²) in [5, 5.41) is 0. The first-order valence-electron chi connectivity index (χ1n) is 6.45. The van der Waals surface area contributed by atoms with Gasteiger partial charge in [-0.2, -0.15) is 0 Å². The molecular weight excluding hydrogens is 246 g/mol. The number of furan rings is 1. The Morgan fingerprint density at radius 2 is 2.37 bits per heavy atom. The van der Waals surface area contributed by atoms with Gasteiger partial charge >= 0.3 is 0 Å². The fourth-order valence-electron chi connectivity index (χ4n) is 2.59. The van der Waals surface area contributed by atoms with E-state index in [1.807, 2.05) is 7.05 Å². The van der Waals surface area contributed by atoms with Gasteiger partial charge in [-0.15, -0.1) is 0 Å². The molecule has 106 valence electrons. The number of hydrogen-bond acceptors (Lipinski definition) is 5. The summed E-state index contributed by atoms with van der Waals surface area (Å²) in [7, 11) is 2.04. The number of amides is 1. The largest absolute Gasteiger partial charge is 0.464 e. The van der Waals surface area contributed by atoms with Gasteiger partial charge in [0.25, 0.3) is 5.91 Å². The standard InChI is InChI=1S/C13H21N3O3/c1-8-11(13(17)15-14)6-10(19-8)7-16(3)12-4-5-18-9(12)2/h6,9,12H,4-5,7,14H2,1-3H3,(H,15,17). The minimum Gasteiger partial charge on any atom is -0.464 e. The van der Waals surface area contributed by atoms with Crippen LogP contribution in [0.4, 0.5) is 0 Å². The molecule has 0 bridgehead atoms. The highest BCUT2D eigenvalue weighted by molar-refractivity contribution is 5.94. The van der Waals surface area contributed by atoms with Crippen molar-refractivity contribution in [2.24, 2.45) is 5.84 Å². The molecule has 1 aromatic rings. The van der Waals surface area contributed by atoms with Crippen LogP contribution in [-0.2, 0) is 11.3 Å². The van der Waals surface area contributed by atoms with Crippen LogP contribution in [0.15, 0.2) is 10.5 Å². The van der Waals surface area contributed by atoms with Crippen molar-refractivity contribution in [3.05, 3.63) is 23.2 Å². The van der Waals surface area contributed by atoms with Gasteiger partial charge in [-0.3, -0.25) is 15.1 Å². The third kappa shape index (κ3) is 2.97. The van der Waals surface area contributed by atoms with Crippen molar-refractivity contribution < 1.29 is 13.9 Å². The molecule has 0 radical (unpaired) electrons. The Balaban J connectivity index is 2.05. The third-order valence-electron chi connectivity index (χ3n) is 3.65. The average molecular weight is 267 g/mol. The van der Waals surface area contributed by atoms with Gasteiger partial charge in [0.15, 0.2) is 0 Å². The number of hydrogen-bond donors (Lipinski definition) is 2. The summed E-state index contributed by atoms with van der Waals surface area (Å²) in [5.74, 6) is 6.15. The van der Waals surface area contributed by atoms with E-state index in [1.165, 1.54) is 0 Å². The highest BCUT2D eigenvalue weighted by Gasteiger charge is 2.28. The van der Waals surface area contributed by atoms with Crippen molar-refractivity contribution in [2.45, 2.75) is 39.0 Å². The van der Waals surface area contributed by atoms with Crippen molar-refractivity contribution >= 4 is 5.91 Å². The van der Waals surface area contributed by atoms with Crippen LogP contribution in [0.2, 0.25) is 0 Å². The number of ether oxygens (including phenoxy) is 1. The number of aryl methyl sites for hydroxylation is 1. The molecule has 0 aromatic carbocycles. The fourth-order valence-corrected chi connectivity index (χ4v) is 2.59. The van der Waals surface area contributed by atoms with E-state index in [0.717, 1.165) is 18.8 Å². The Hall–Kier alpha value is -1.37. The normalized spacial score (nSPS) is 23.0. The quantitative estimate of drug-likeness (QED) is 0.479. The maximum Gasteiger partial charge on any atom is 0.268 e. The predicted octanol–water partition coefficient (Wildman–Crippen LogP) is 0.801. The zero-order valence-corrected chi connectivity index (χ0v) is 11.6. The number of likely N-dealkylation sites (N-methyl/N-ethyl adjacent to an activating group) is 1. The van der Waals surface area contributed by atoms with Gasteiger partial charge in [-0.1, -0.05) is 0 Å². The summed E-state index contributed by atoms with van der Waals surface area (Å²) in [6.45, 7) is 5.29. The minimum atomic E-state index is -0.326. The van der Waals surface area contributed by atoms with Crippen LogP contribution in [0.3, 0.4) is 0 Å². The zero-order chi connectivity index (χ0) is 14.0. The lowest BCUT2D eigenvalue weighted by Crippen LogP contribution is -2.36. The van der Waals surface area contributed by atoms with Crippen LogP contribution >= 0.6 is 0 Å². The van der Waals surface area contributed by atoms with Gasteiger partial charge in [0.2, 0.25) is 0 Å². The van der Waals surface area contributed by atoms with E-state index < -0.39 is 0 Å². The molecule has 2 heterocycles. The van der Waals surface area contributed by atoms with Crippen molar-refractivity contribution in [3.8, 4) is 0 Å². The summed E-state index contributed by atoms with van der Waals surface area (Å²) in [5.41, 5.74) is 2.61. The number of nitrogen functional groups attached to an aromatic ring is 1. The Bertz CT molecular complexity index is 458. The van der Waals surface area contributed by atoms with E-state index in [1.54, 1.807) is 13.0 Å². The lowest BCUT2D eigenvalue weighted by atomic mass is 10.1. The van der Waals surface area contributed by atoms with Crippen LogP contribution in [0.5, 0.6) is 0 Å². The average Bonchev–Trinajstić information content (AvgIpc) is 2.94. The number of nitrogens with one attached hydrogen (secondary N) is 1. The Kier molecular flexibility index (Phi) is 4.24. The summed E-state index contributed by atoms with van der Waals surface area (Å²) in [4.78, 5) is 13.7. The first-order chi connectivity index (χ1) is 9.02. The maximum atomic E-state index is 11.5. The maximum absolute atomic E-state index is 11.5. The van der Waals surface area contributed by atoms with E-state index >= 15 is 0 Å². The molecule has 0 aliphatic carbocycles. The summed E-state index contributed by atoms with van der Waals surface area (Å²) in [6.07, 6.45) is 1.25. The van der Waals surface area contributed by atoms with Crippen molar-refractivity contribution in [3.63, 3.8) is 0 Å². The molecule has 2 rings (SSSR count). The zero-order valence-electron chi connectivity index (χ0n) is 11.6. The molecule has 1 aliphatic heterocycles. The number of hydrazine groups is 1. The highest BCUT2D eigenvalue weighted by atomic mass is 16.5. The molecule has 2 atom stereocenters. The first kappa shape index (κ1) is 14.0. The number of nitrogens with two attached hydrogens (primary N) is 1. The van der Waals surface area contributed by atoms with Crippen molar-refractivity contribution in [1.29, 1.82) is 0 Å². The number of nitrogens with zero attached hydrogens (tertiary/aromatic N) is 1. The molecule has 1 aliphatic rings. The predicted molar refractivity (Wildman–Crippen MR) is 70.4 cm³/mol. The third-order valence-corrected chi connectivity index (χ3v) is 3.65. The first-order valence-corrected chi connectivity index (χ1v) is 6.45. The van der Waals surface area contributed by atoms with Crippen LogP contribution < -0.4 is 11.3 Å². The highest BCUT2D eigenvalue weighted by Crippen LogP contribution is 2.22. The van der Waals surface area contributed by atoms with Crippen LogP contribution in [0.25, 0.3) is 0 Å². The second kappa shape index (κ2) is 5.73. The molecule has 2 unspecified atom stereocenters. The topological polar surface area (TPSA) is 80.7 Å². The molecule has 19 heavy (non-hydrogen) atoms. The minimum absolute atomic E-state index is 0.230. The molecule has 1 aromatic heterocycles. The van der Waals surface area contributed by atoms with Crippen LogP contribution in [0, 0.1) is 6.92 Å². The summed E-state index contributed by atoms with van der Waals surface area (Å²) in [6, 6.07) is 2.13. The fraction of sp³-hybridized carbons (Fsp3) is 0.615. The Morgan fingerprint density at radius 3 is 2.95 bits per heavy atom. The van der Waals surface area contributed by atoms with E-state index in [9.17, 15) is 4.79 Å². The smallest absolute Gasteiger partial charge is 0.268 e. The second-order valence-corrected chi connectivity index (χ2v) is 5.00. The van der Waals surface area contributed by atoms with Gasteiger partial charge in [-0.05, 0) is 33.4 Å². The SMILES string of the molecule is Cc1oc(CN(C)C2CCOC2C)cc1C(=O)NN. The summed E-state index contributed by atoms with van der Waals surface area (Å²) >= 11 is 0. The number of rotatable bonds is 4. The van der Waals surface area contributed by atoms with Gasteiger partial charge < -0.3 is 9.15 Å². The molecule has 1 saturated heterocycles. The number of carbonyl (C=O) groups is 1. The van der Waals surface area contributed by atoms with E-state index in [0.29, 0.717) is 23.9 Å². The second-order valence-electron chi connectivity index (χ2n) is 5.00. The molecule has 6 heteroatoms. The van der Waals surface area contributed by atoms with E-state index in [-0.39, 0.29) is 12.0 Å². The van der Waals surface area contributed by atoms with Gasteiger partial charge in [-0.25, -0.2) is 5.84 Å². The van der Waals surface area contributed by atoms with Crippen LogP contribution in [0.1, 0.15) is 35.2 Å². The number of carbonyl (C=O) groups excluding carboxylic acids is 1. The Labute approximate surface area is 112 Å². The molecule has 6 nitrogen and oxygen atoms in total. The van der Waals surface area contributed by atoms with E-state index in [4.69, 9.17) is 15.0 Å². The van der Waals surface area contributed by atoms with Gasteiger partial charge in [0.1, 0.15) is 11.5 Å². The van der Waals surface area contributed by atoms with Crippen molar-refractivity contribution in [1.82, 2.24) is 10.3 Å². The molecule has 0 saturated carbocycles. The lowest BCUT2D eigenvalue weighted by Gasteiger charge is -2.25. The Morgan fingerprint density at radius 1 is 1.63 bits per heavy atom. The van der Waals surface area contributed by atoms with Crippen LogP contribution in [-0.4, -0.2) is 36.6 Å². The molecule has 3 N–H and O–H groups in total. The van der Waals surface area contributed by atoms with Crippen molar-refractivity contribution in [2.75, 3.05) is 13.7 Å². The summed E-state index contributed by atoms with van der Waals surface area (Å²) < 4.78 is 11.2. The molecule has 1 amide bonds. The molecular formula is C13H21N3O3.